The monoisotopic (exact) mass is 640 g/mol. The van der Waals surface area contributed by atoms with Crippen molar-refractivity contribution in [3.63, 3.8) is 0 Å². The summed E-state index contributed by atoms with van der Waals surface area (Å²) in [5.74, 6) is -18.5. The second kappa shape index (κ2) is 11.7. The van der Waals surface area contributed by atoms with Crippen LogP contribution in [0.4, 0.5) is 0 Å². The Hall–Kier alpha value is -1.85. The molecule has 3 rings (SSSR count). The Morgan fingerprint density at radius 2 is 0.977 bits per heavy atom. The average Bonchev–Trinajstić information content (AvgIpc) is 3.40. The van der Waals surface area contributed by atoms with Crippen LogP contribution >= 0.6 is 0 Å². The number of hydrogen-bond donors (Lipinski definition) is 12. The van der Waals surface area contributed by atoms with Crippen LogP contribution in [0.1, 0.15) is 27.7 Å². The van der Waals surface area contributed by atoms with Crippen LogP contribution in [0.3, 0.4) is 0 Å². The number of rotatable bonds is 11. The van der Waals surface area contributed by atoms with Gasteiger partial charge in [0.25, 0.3) is 0 Å². The Balaban J connectivity index is 2.34. The Bertz CT molecular complexity index is 1180. The number of ketones is 3. The number of aliphatic hydroxyl groups excluding tert-OH is 6. The summed E-state index contributed by atoms with van der Waals surface area (Å²) < 4.78 is 15.8. The van der Waals surface area contributed by atoms with Gasteiger partial charge in [0.15, 0.2) is 17.3 Å². The van der Waals surface area contributed by atoms with Gasteiger partial charge in [0, 0.05) is 11.8 Å². The molecule has 0 radical (unpaired) electrons. The maximum absolute atomic E-state index is 12.8. The van der Waals surface area contributed by atoms with Crippen molar-refractivity contribution in [2.45, 2.75) is 98.5 Å². The third-order valence-corrected chi connectivity index (χ3v) is 9.26. The number of carbonyl (C=O) groups excluding carboxylic acids is 3. The van der Waals surface area contributed by atoms with Gasteiger partial charge in [0.1, 0.15) is 36.6 Å². The van der Waals surface area contributed by atoms with Gasteiger partial charge in [-0.15, -0.1) is 0 Å². The molecule has 2 unspecified atom stereocenters. The van der Waals surface area contributed by atoms with Gasteiger partial charge < -0.3 is 75.5 Å². The van der Waals surface area contributed by atoms with Gasteiger partial charge in [-0.05, 0) is 26.8 Å². The SMILES string of the molecule is CC(=O)[C@@]1(O)[C@@H](O)[C@@H](CO)O[C@]1(O)C=CC(C(C)[C@@]1(O)O[C@H](CO)[C@H](O)[C@]1(O)C(C)=O)[C@@]1(O)O[C@H](CO)[C@H](O)[C@]1(O)C(C)=O. The second-order valence-corrected chi connectivity index (χ2v) is 11.6. The lowest BCUT2D eigenvalue weighted by Gasteiger charge is -2.48. The van der Waals surface area contributed by atoms with Crippen molar-refractivity contribution >= 4 is 17.3 Å². The average molecular weight is 641 g/mol. The molecule has 0 aliphatic carbocycles. The Morgan fingerprint density at radius 1 is 0.636 bits per heavy atom. The van der Waals surface area contributed by atoms with E-state index in [4.69, 9.17) is 14.2 Å². The van der Waals surface area contributed by atoms with Crippen molar-refractivity contribution in [1.29, 1.82) is 0 Å². The van der Waals surface area contributed by atoms with Crippen molar-refractivity contribution in [1.82, 2.24) is 0 Å². The minimum absolute atomic E-state index is 0.403. The van der Waals surface area contributed by atoms with E-state index in [2.05, 4.69) is 0 Å². The summed E-state index contributed by atoms with van der Waals surface area (Å²) in [6.45, 7) is -0.138. The molecule has 252 valence electrons. The van der Waals surface area contributed by atoms with E-state index in [9.17, 15) is 75.7 Å². The van der Waals surface area contributed by atoms with E-state index in [1.54, 1.807) is 0 Å². The molecule has 3 fully saturated rings. The van der Waals surface area contributed by atoms with E-state index in [0.717, 1.165) is 20.8 Å². The van der Waals surface area contributed by atoms with E-state index in [1.165, 1.54) is 0 Å². The van der Waals surface area contributed by atoms with Crippen LogP contribution in [0.15, 0.2) is 12.2 Å². The Kier molecular flexibility index (Phi) is 9.77. The minimum atomic E-state index is -3.49. The molecule has 18 heteroatoms. The summed E-state index contributed by atoms with van der Waals surface area (Å²) in [4.78, 5) is 37.8. The van der Waals surface area contributed by atoms with Crippen LogP contribution < -0.4 is 0 Å². The molecule has 12 N–H and O–H groups in total. The van der Waals surface area contributed by atoms with Crippen LogP contribution in [0, 0.1) is 11.8 Å². The zero-order valence-corrected chi connectivity index (χ0v) is 24.2. The Labute approximate surface area is 250 Å². The molecule has 0 saturated carbocycles. The number of ether oxygens (including phenoxy) is 3. The molecule has 3 heterocycles. The molecular formula is C26H40O18. The number of aliphatic hydroxyl groups is 12. The highest BCUT2D eigenvalue weighted by Crippen LogP contribution is 2.53. The predicted octanol–water partition coefficient (Wildman–Crippen LogP) is -6.92. The first-order valence-corrected chi connectivity index (χ1v) is 13.5. The highest BCUT2D eigenvalue weighted by molar-refractivity contribution is 5.89. The first-order valence-electron chi connectivity index (χ1n) is 13.5. The van der Waals surface area contributed by atoms with Gasteiger partial charge in [-0.25, -0.2) is 0 Å². The fraction of sp³-hybridized carbons (Fsp3) is 0.808. The summed E-state index contributed by atoms with van der Waals surface area (Å²) in [6.07, 6.45) is -11.5. The van der Waals surface area contributed by atoms with Gasteiger partial charge in [-0.1, -0.05) is 13.0 Å². The van der Waals surface area contributed by atoms with Crippen molar-refractivity contribution in [2.24, 2.45) is 11.8 Å². The summed E-state index contributed by atoms with van der Waals surface area (Å²) >= 11 is 0. The molecular weight excluding hydrogens is 600 g/mol. The fourth-order valence-electron chi connectivity index (χ4n) is 6.46. The van der Waals surface area contributed by atoms with E-state index in [0.29, 0.717) is 19.1 Å². The van der Waals surface area contributed by atoms with E-state index in [1.807, 2.05) is 0 Å². The molecule has 18 nitrogen and oxygen atoms in total. The van der Waals surface area contributed by atoms with Crippen molar-refractivity contribution in [3.8, 4) is 0 Å². The highest BCUT2D eigenvalue weighted by Gasteiger charge is 2.76. The van der Waals surface area contributed by atoms with Crippen LogP contribution in [0.2, 0.25) is 0 Å². The van der Waals surface area contributed by atoms with E-state index < -0.39 is 120 Å². The lowest BCUT2D eigenvalue weighted by Crippen LogP contribution is -2.70. The van der Waals surface area contributed by atoms with E-state index >= 15 is 0 Å². The van der Waals surface area contributed by atoms with Crippen molar-refractivity contribution in [2.75, 3.05) is 19.8 Å². The van der Waals surface area contributed by atoms with Crippen LogP contribution in [-0.4, -0.2) is 169 Å². The molecule has 3 aliphatic heterocycles. The lowest BCUT2D eigenvalue weighted by molar-refractivity contribution is -0.331. The number of Topliss-reactive ketones (excluding diaryl/α,β-unsaturated/α-hetero) is 3. The zero-order valence-electron chi connectivity index (χ0n) is 24.2. The fourth-order valence-corrected chi connectivity index (χ4v) is 6.46. The molecule has 0 bridgehead atoms. The summed E-state index contributed by atoms with van der Waals surface area (Å²) in [7, 11) is 0. The number of hydrogen-bond acceptors (Lipinski definition) is 18. The van der Waals surface area contributed by atoms with Gasteiger partial charge >= 0.3 is 0 Å². The molecule has 0 aromatic heterocycles. The third kappa shape index (κ3) is 4.56. The molecule has 0 spiro atoms. The predicted molar refractivity (Wildman–Crippen MR) is 137 cm³/mol. The van der Waals surface area contributed by atoms with Crippen molar-refractivity contribution < 1.29 is 89.9 Å². The second-order valence-electron chi connectivity index (χ2n) is 11.6. The Morgan fingerprint density at radius 3 is 1.36 bits per heavy atom. The standard InChI is InChI=1S/C26H40O18/c1-10(25(40)23(38,12(3)31)19(34)16(8-28)43-25)14(26(41)24(39,13(4)32)20(35)17(9-29)44-26)5-6-21(36)22(37,11(2)30)18(33)15(7-27)42-21/h5-6,10,14-20,27-29,33-41H,7-9H2,1-4H3/t10?,14?,15-,16-,17-,18+,19+,20+,21-,22-,23-,24-,25-,26-/m1/s1. The largest absolute Gasteiger partial charge is 0.394 e. The normalized spacial score (nSPS) is 49.0. The summed E-state index contributed by atoms with van der Waals surface area (Å²) in [5, 5.41) is 130. The summed E-state index contributed by atoms with van der Waals surface area (Å²) in [6, 6.07) is 0. The van der Waals surface area contributed by atoms with Gasteiger partial charge in [-0.2, -0.15) is 0 Å². The molecule has 3 saturated heterocycles. The molecule has 0 aromatic carbocycles. The minimum Gasteiger partial charge on any atom is -0.394 e. The van der Waals surface area contributed by atoms with Crippen LogP contribution in [0.5, 0.6) is 0 Å². The van der Waals surface area contributed by atoms with E-state index in [-0.39, 0.29) is 0 Å². The summed E-state index contributed by atoms with van der Waals surface area (Å²) in [5.41, 5.74) is -9.87. The maximum Gasteiger partial charge on any atom is 0.225 e. The molecule has 3 aliphatic rings. The van der Waals surface area contributed by atoms with Crippen LogP contribution in [-0.2, 0) is 28.6 Å². The highest BCUT2D eigenvalue weighted by atomic mass is 16.7. The maximum atomic E-state index is 12.8. The van der Waals surface area contributed by atoms with Gasteiger partial charge in [0.05, 0.1) is 19.8 Å². The molecule has 0 amide bonds. The molecule has 44 heavy (non-hydrogen) atoms. The van der Waals surface area contributed by atoms with Gasteiger partial charge in [-0.3, -0.25) is 14.4 Å². The molecule has 14 atom stereocenters. The number of carbonyl (C=O) groups is 3. The first kappa shape index (κ1) is 36.6. The van der Waals surface area contributed by atoms with Gasteiger partial charge in [0.2, 0.25) is 34.2 Å². The smallest absolute Gasteiger partial charge is 0.225 e. The first-order chi connectivity index (χ1) is 20.1. The topological polar surface area (TPSA) is 322 Å². The third-order valence-electron chi connectivity index (χ3n) is 9.26. The lowest BCUT2D eigenvalue weighted by atomic mass is 9.67. The van der Waals surface area contributed by atoms with Crippen LogP contribution in [0.25, 0.3) is 0 Å². The van der Waals surface area contributed by atoms with Crippen molar-refractivity contribution in [3.05, 3.63) is 12.2 Å². The zero-order chi connectivity index (χ0) is 34.0. The molecule has 0 aromatic rings. The quantitative estimate of drug-likeness (QED) is 0.0933.